The number of β-amino-alcohol motifs (C(OH)–C–C–N with tert-alkyl or cyclic N) is 2. The van der Waals surface area contributed by atoms with Crippen LogP contribution in [-0.2, 0) is 0 Å². The van der Waals surface area contributed by atoms with Crippen LogP contribution < -0.4 is 5.32 Å². The number of nitrogens with one attached hydrogen (secondary N) is 1. The highest BCUT2D eigenvalue weighted by atomic mass is 16.3. The number of likely N-dealkylation sites (tertiary alicyclic amines) is 1. The Bertz CT molecular complexity index is 208. The van der Waals surface area contributed by atoms with Gasteiger partial charge in [-0.05, 0) is 26.3 Å². The maximum atomic E-state index is 9.95. The van der Waals surface area contributed by atoms with E-state index in [1.807, 2.05) is 6.92 Å². The van der Waals surface area contributed by atoms with Gasteiger partial charge in [-0.1, -0.05) is 0 Å². The normalized spacial score (nSPS) is 45.6. The molecule has 0 aliphatic carbocycles. The Labute approximate surface area is 84.9 Å². The summed E-state index contributed by atoms with van der Waals surface area (Å²) in [6.45, 7) is 5.10. The van der Waals surface area contributed by atoms with Gasteiger partial charge in [0, 0.05) is 25.7 Å². The Morgan fingerprint density at radius 2 is 2.21 bits per heavy atom. The Balaban J connectivity index is 1.97. The highest BCUT2D eigenvalue weighted by Gasteiger charge is 2.36. The maximum Gasteiger partial charge on any atom is 0.0831 e. The van der Waals surface area contributed by atoms with E-state index in [9.17, 15) is 10.2 Å². The Kier molecular flexibility index (Phi) is 2.79. The number of aliphatic hydroxyl groups is 2. The number of aliphatic hydroxyl groups excluding tert-OH is 1. The molecule has 3 N–H and O–H groups in total. The molecule has 0 amide bonds. The molecule has 2 fully saturated rings. The van der Waals surface area contributed by atoms with Crippen molar-refractivity contribution in [1.29, 1.82) is 0 Å². The fraction of sp³-hybridized carbons (Fsp3) is 1.00. The van der Waals surface area contributed by atoms with Crippen molar-refractivity contribution in [2.75, 3.05) is 26.2 Å². The molecule has 14 heavy (non-hydrogen) atoms. The van der Waals surface area contributed by atoms with Crippen molar-refractivity contribution in [1.82, 2.24) is 10.2 Å². The Morgan fingerprint density at radius 1 is 1.43 bits per heavy atom. The highest BCUT2D eigenvalue weighted by Crippen LogP contribution is 2.23. The van der Waals surface area contributed by atoms with Crippen LogP contribution in [0.25, 0.3) is 0 Å². The highest BCUT2D eigenvalue weighted by molar-refractivity contribution is 4.93. The smallest absolute Gasteiger partial charge is 0.0831 e. The van der Waals surface area contributed by atoms with Crippen LogP contribution in [0.15, 0.2) is 0 Å². The Morgan fingerprint density at radius 3 is 2.79 bits per heavy atom. The first-order chi connectivity index (χ1) is 6.58. The summed E-state index contributed by atoms with van der Waals surface area (Å²) in [6.07, 6.45) is 1.62. The van der Waals surface area contributed by atoms with E-state index in [0.717, 1.165) is 25.9 Å². The first-order valence-corrected chi connectivity index (χ1v) is 5.44. The van der Waals surface area contributed by atoms with Crippen LogP contribution >= 0.6 is 0 Å². The first kappa shape index (κ1) is 10.4. The third-order valence-corrected chi connectivity index (χ3v) is 3.32. The van der Waals surface area contributed by atoms with E-state index in [1.54, 1.807) is 0 Å². The first-order valence-electron chi connectivity index (χ1n) is 5.44. The van der Waals surface area contributed by atoms with Crippen LogP contribution in [-0.4, -0.2) is 59.0 Å². The largest absolute Gasteiger partial charge is 0.390 e. The fourth-order valence-electron chi connectivity index (χ4n) is 2.57. The zero-order valence-corrected chi connectivity index (χ0v) is 8.74. The second-order valence-corrected chi connectivity index (χ2v) is 4.86. The van der Waals surface area contributed by atoms with Gasteiger partial charge in [0.1, 0.15) is 0 Å². The van der Waals surface area contributed by atoms with Crippen molar-refractivity contribution in [3.05, 3.63) is 0 Å². The van der Waals surface area contributed by atoms with Gasteiger partial charge in [0.15, 0.2) is 0 Å². The topological polar surface area (TPSA) is 55.7 Å². The number of hydrogen-bond donors (Lipinski definition) is 3. The Hall–Kier alpha value is -0.160. The molecule has 82 valence electrons. The number of nitrogens with zero attached hydrogens (tertiary/aromatic N) is 1. The molecule has 2 heterocycles. The van der Waals surface area contributed by atoms with Gasteiger partial charge in [0.25, 0.3) is 0 Å². The van der Waals surface area contributed by atoms with Gasteiger partial charge in [-0.25, -0.2) is 0 Å². The summed E-state index contributed by atoms with van der Waals surface area (Å²) >= 11 is 0. The molecule has 4 nitrogen and oxygen atoms in total. The second kappa shape index (κ2) is 3.77. The zero-order chi connectivity index (χ0) is 10.2. The van der Waals surface area contributed by atoms with E-state index < -0.39 is 5.60 Å². The minimum absolute atomic E-state index is 0.196. The summed E-state index contributed by atoms with van der Waals surface area (Å²) in [6, 6.07) is 0.196. The molecule has 0 aromatic carbocycles. The molecule has 1 unspecified atom stereocenters. The lowest BCUT2D eigenvalue weighted by atomic mass is 9.93. The van der Waals surface area contributed by atoms with Gasteiger partial charge >= 0.3 is 0 Å². The second-order valence-electron chi connectivity index (χ2n) is 4.86. The van der Waals surface area contributed by atoms with Crippen molar-refractivity contribution in [2.45, 2.75) is 37.5 Å². The van der Waals surface area contributed by atoms with E-state index in [1.165, 1.54) is 0 Å². The SMILES string of the molecule is CC1(O)CCCN([C@@H]2CNC[C@H]2O)C1. The summed E-state index contributed by atoms with van der Waals surface area (Å²) in [5.74, 6) is 0. The average Bonchev–Trinajstić information content (AvgIpc) is 2.49. The molecular formula is C10H20N2O2. The summed E-state index contributed by atoms with van der Waals surface area (Å²) in [5.41, 5.74) is -0.569. The quantitative estimate of drug-likeness (QED) is 0.517. The number of piperidine rings is 1. The summed E-state index contributed by atoms with van der Waals surface area (Å²) in [5, 5.41) is 22.8. The molecule has 0 bridgehead atoms. The molecule has 4 heteroatoms. The van der Waals surface area contributed by atoms with Crippen LogP contribution in [0.5, 0.6) is 0 Å². The van der Waals surface area contributed by atoms with E-state index in [4.69, 9.17) is 0 Å². The predicted octanol–water partition coefficient (Wildman–Crippen LogP) is -0.834. The van der Waals surface area contributed by atoms with Crippen molar-refractivity contribution in [3.8, 4) is 0 Å². The molecule has 0 radical (unpaired) electrons. The average molecular weight is 200 g/mol. The monoisotopic (exact) mass is 200 g/mol. The van der Waals surface area contributed by atoms with Gasteiger partial charge in [-0.2, -0.15) is 0 Å². The predicted molar refractivity (Wildman–Crippen MR) is 54.1 cm³/mol. The van der Waals surface area contributed by atoms with Crippen LogP contribution in [0.2, 0.25) is 0 Å². The van der Waals surface area contributed by atoms with Crippen LogP contribution in [0.3, 0.4) is 0 Å². The number of hydrogen-bond acceptors (Lipinski definition) is 4. The minimum Gasteiger partial charge on any atom is -0.390 e. The molecule has 0 saturated carbocycles. The minimum atomic E-state index is -0.569. The van der Waals surface area contributed by atoms with Gasteiger partial charge in [-0.3, -0.25) is 4.90 Å². The molecule has 2 aliphatic rings. The van der Waals surface area contributed by atoms with Gasteiger partial charge in [0.05, 0.1) is 11.7 Å². The number of rotatable bonds is 1. The van der Waals surface area contributed by atoms with Crippen LogP contribution in [0.1, 0.15) is 19.8 Å². The van der Waals surface area contributed by atoms with E-state index in [-0.39, 0.29) is 12.1 Å². The van der Waals surface area contributed by atoms with Crippen LogP contribution in [0, 0.1) is 0 Å². The summed E-state index contributed by atoms with van der Waals surface area (Å²) < 4.78 is 0. The fourth-order valence-corrected chi connectivity index (χ4v) is 2.57. The molecule has 2 rings (SSSR count). The third-order valence-electron chi connectivity index (χ3n) is 3.32. The lowest BCUT2D eigenvalue weighted by Gasteiger charge is -2.40. The zero-order valence-electron chi connectivity index (χ0n) is 8.74. The maximum absolute atomic E-state index is 9.95. The molecule has 2 aliphatic heterocycles. The molecule has 0 spiro atoms. The van der Waals surface area contributed by atoms with Crippen molar-refractivity contribution in [3.63, 3.8) is 0 Å². The summed E-state index contributed by atoms with van der Waals surface area (Å²) in [4.78, 5) is 2.22. The van der Waals surface area contributed by atoms with Gasteiger partial charge < -0.3 is 15.5 Å². The van der Waals surface area contributed by atoms with Crippen molar-refractivity contribution in [2.24, 2.45) is 0 Å². The van der Waals surface area contributed by atoms with Crippen molar-refractivity contribution >= 4 is 0 Å². The molecule has 2 saturated heterocycles. The molecule has 3 atom stereocenters. The standard InChI is InChI=1S/C10H20N2O2/c1-10(14)3-2-4-12(7-10)8-5-11-6-9(8)13/h8-9,11,13-14H,2-7H2,1H3/t8-,9-,10?/m1/s1. The summed E-state index contributed by atoms with van der Waals surface area (Å²) in [7, 11) is 0. The van der Waals surface area contributed by atoms with Crippen molar-refractivity contribution < 1.29 is 10.2 Å². The van der Waals surface area contributed by atoms with E-state index >= 15 is 0 Å². The van der Waals surface area contributed by atoms with E-state index in [2.05, 4.69) is 10.2 Å². The lowest BCUT2D eigenvalue weighted by Crippen LogP contribution is -2.53. The molecule has 0 aromatic rings. The molecular weight excluding hydrogens is 180 g/mol. The third kappa shape index (κ3) is 2.08. The lowest BCUT2D eigenvalue weighted by molar-refractivity contribution is -0.0427. The van der Waals surface area contributed by atoms with E-state index in [0.29, 0.717) is 13.1 Å². The molecule has 0 aromatic heterocycles. The van der Waals surface area contributed by atoms with Crippen LogP contribution in [0.4, 0.5) is 0 Å². The van der Waals surface area contributed by atoms with Gasteiger partial charge in [-0.15, -0.1) is 0 Å². The van der Waals surface area contributed by atoms with Gasteiger partial charge in [0.2, 0.25) is 0 Å².